The summed E-state index contributed by atoms with van der Waals surface area (Å²) in [7, 11) is 1.68. The zero-order chi connectivity index (χ0) is 44.7. The molecule has 4 aliphatic heterocycles. The van der Waals surface area contributed by atoms with E-state index in [9.17, 15) is 14.4 Å². The van der Waals surface area contributed by atoms with Gasteiger partial charge in [-0.25, -0.2) is 10.4 Å². The first-order chi connectivity index (χ1) is 30.0. The number of piperazine rings is 1. The lowest BCUT2D eigenvalue weighted by atomic mass is 9.73. The fourth-order valence-electron chi connectivity index (χ4n) is 9.96. The molecule has 1 aromatic carbocycles. The van der Waals surface area contributed by atoms with Gasteiger partial charge >= 0.3 is 5.97 Å². The van der Waals surface area contributed by atoms with Crippen LogP contribution in [0.5, 0.6) is 0 Å². The number of hydrazine groups is 1. The number of ether oxygens (including phenoxy) is 2. The Morgan fingerprint density at radius 3 is 2.62 bits per heavy atom. The molecule has 10 rings (SSSR count). The van der Waals surface area contributed by atoms with Gasteiger partial charge < -0.3 is 29.2 Å². The molecule has 2 saturated carbocycles. The fourth-order valence-corrected chi connectivity index (χ4v) is 10.8. The number of fused-ring (bicyclic) bond motifs is 4. The van der Waals surface area contributed by atoms with Crippen LogP contribution in [0.2, 0.25) is 0 Å². The molecule has 13 nitrogen and oxygen atoms in total. The molecule has 5 atom stereocenters. The number of nitrogens with zero attached hydrogens (tertiary/aromatic N) is 6. The molecule has 320 valence electrons. The van der Waals surface area contributed by atoms with E-state index < -0.39 is 24.5 Å². The second kappa shape index (κ2) is 15.8. The van der Waals surface area contributed by atoms with Crippen LogP contribution < -0.4 is 15.6 Å². The van der Waals surface area contributed by atoms with E-state index in [4.69, 9.17) is 23.6 Å². The van der Waals surface area contributed by atoms with Crippen molar-refractivity contribution >= 4 is 45.7 Å². The van der Waals surface area contributed by atoms with Gasteiger partial charge in [-0.15, -0.1) is 11.3 Å². The Kier molecular flexibility index (Phi) is 9.87. The van der Waals surface area contributed by atoms with Gasteiger partial charge in [0.25, 0.3) is 5.91 Å². The van der Waals surface area contributed by atoms with Crippen LogP contribution in [0, 0.1) is 29.1 Å². The van der Waals surface area contributed by atoms with E-state index in [-0.39, 0.29) is 66.6 Å². The number of benzene rings is 1. The zero-order valence-electron chi connectivity index (χ0n) is 38.8. The van der Waals surface area contributed by atoms with E-state index in [1.54, 1.807) is 17.0 Å². The molecule has 3 saturated heterocycles. The highest BCUT2D eigenvalue weighted by Crippen LogP contribution is 2.46. The van der Waals surface area contributed by atoms with Crippen LogP contribution in [-0.4, -0.2) is 107 Å². The summed E-state index contributed by atoms with van der Waals surface area (Å²) in [5.74, 6) is -0.366. The summed E-state index contributed by atoms with van der Waals surface area (Å²) in [6, 6.07) is 7.00. The van der Waals surface area contributed by atoms with Crippen LogP contribution in [0.1, 0.15) is 80.9 Å². The molecule has 60 heavy (non-hydrogen) atoms. The molecule has 0 spiro atoms. The lowest BCUT2D eigenvalue weighted by Crippen LogP contribution is -2.71. The van der Waals surface area contributed by atoms with E-state index in [2.05, 4.69) is 79.1 Å². The van der Waals surface area contributed by atoms with Crippen molar-refractivity contribution in [1.82, 2.24) is 35.2 Å². The Labute approximate surface area is 361 Å². The second-order valence-corrected chi connectivity index (χ2v) is 19.5. The summed E-state index contributed by atoms with van der Waals surface area (Å²) in [6.07, 6.45) is 3.69. The van der Waals surface area contributed by atoms with Crippen molar-refractivity contribution in [3.63, 3.8) is 0 Å². The number of methoxy groups -OCH3 is 1. The first-order valence-corrected chi connectivity index (χ1v) is 22.5. The van der Waals surface area contributed by atoms with Gasteiger partial charge in [0.15, 0.2) is 0 Å². The van der Waals surface area contributed by atoms with Gasteiger partial charge in [0, 0.05) is 95.2 Å². The summed E-state index contributed by atoms with van der Waals surface area (Å²) in [6.45, 7) is 13.1. The van der Waals surface area contributed by atoms with Crippen LogP contribution in [0.15, 0.2) is 35.8 Å². The Balaban J connectivity index is 1.15. The van der Waals surface area contributed by atoms with Gasteiger partial charge in [-0.1, -0.05) is 33.8 Å². The predicted octanol–water partition coefficient (Wildman–Crippen LogP) is 5.85. The molecule has 2 N–H and O–H groups in total. The number of anilines is 1. The van der Waals surface area contributed by atoms with Gasteiger partial charge in [-0.2, -0.15) is 0 Å². The first kappa shape index (κ1) is 37.4. The molecule has 7 heterocycles. The second-order valence-electron chi connectivity index (χ2n) is 18.6. The molecule has 2 amide bonds. The van der Waals surface area contributed by atoms with Crippen LogP contribution in [0.25, 0.3) is 33.4 Å². The fraction of sp³-hybridized carbons (Fsp3) is 0.587. The Hall–Kier alpha value is -4.37. The molecule has 5 unspecified atom stereocenters. The molecule has 3 aromatic heterocycles. The van der Waals surface area contributed by atoms with E-state index in [1.165, 1.54) is 11.3 Å². The molecule has 4 aromatic rings. The van der Waals surface area contributed by atoms with Crippen LogP contribution >= 0.6 is 11.3 Å². The molecular weight excluding hydrogens is 777 g/mol. The number of hydrogen-bond acceptors (Lipinski definition) is 11. The highest BCUT2D eigenvalue weighted by atomic mass is 32.1. The summed E-state index contributed by atoms with van der Waals surface area (Å²) < 4.78 is 38.4. The largest absolute Gasteiger partial charge is 0.464 e. The van der Waals surface area contributed by atoms with E-state index in [0.717, 1.165) is 55.4 Å². The molecular formula is C46H60N8O5S. The van der Waals surface area contributed by atoms with Crippen molar-refractivity contribution in [2.24, 2.45) is 29.1 Å². The van der Waals surface area contributed by atoms with Gasteiger partial charge in [0.05, 0.1) is 46.7 Å². The number of carbonyl (C=O) groups excluding carboxylic acids is 3. The number of aromatic nitrogens is 3. The third-order valence-corrected chi connectivity index (χ3v) is 14.9. The van der Waals surface area contributed by atoms with Crippen molar-refractivity contribution in [2.75, 3.05) is 51.8 Å². The highest BCUT2D eigenvalue weighted by molar-refractivity contribution is 7.10. The summed E-state index contributed by atoms with van der Waals surface area (Å²) in [5.41, 5.74) is 10.2. The van der Waals surface area contributed by atoms with E-state index in [0.29, 0.717) is 52.0 Å². The van der Waals surface area contributed by atoms with Crippen molar-refractivity contribution in [1.29, 1.82) is 0 Å². The summed E-state index contributed by atoms with van der Waals surface area (Å²) in [5, 5.41) is 8.50. The molecule has 14 heteroatoms. The molecule has 2 aliphatic carbocycles. The maximum atomic E-state index is 14.5. The number of likely N-dealkylation sites (N-methyl/N-ethyl adjacent to an activating group) is 1. The third-order valence-electron chi connectivity index (χ3n) is 14.0. The number of nitrogens with one attached hydrogen (secondary N) is 2. The third kappa shape index (κ3) is 7.41. The van der Waals surface area contributed by atoms with Crippen molar-refractivity contribution in [3.05, 3.63) is 52.1 Å². The summed E-state index contributed by atoms with van der Waals surface area (Å²) >= 11 is 1.47. The first-order valence-electron chi connectivity index (χ1n) is 23.2. The smallest absolute Gasteiger partial charge is 0.325 e. The SMILES string of the molecule is [2H]C([2H])([2H])N1CCN(c2cnc(C(C)OC)c(-c3c4c5cc(ccc5n3CC)-c3csc(n3)CC(NC(=O)C3C(C)C3C)C(=O)N3NC(C(=O)OCC(C)(C)C4)C4CC3C4)c2)CC1. The molecule has 8 bridgehead atoms. The lowest BCUT2D eigenvalue weighted by molar-refractivity contribution is -0.171. The highest BCUT2D eigenvalue weighted by Gasteiger charge is 2.53. The van der Waals surface area contributed by atoms with Gasteiger partial charge in [-0.3, -0.25) is 24.4 Å². The monoisotopic (exact) mass is 839 g/mol. The zero-order valence-corrected chi connectivity index (χ0v) is 36.6. The number of thiazole rings is 1. The van der Waals surface area contributed by atoms with Gasteiger partial charge in [-0.05, 0) is 81.6 Å². The molecule has 5 fully saturated rings. The maximum absolute atomic E-state index is 14.5. The predicted molar refractivity (Wildman–Crippen MR) is 233 cm³/mol. The Bertz CT molecular complexity index is 2410. The minimum Gasteiger partial charge on any atom is -0.464 e. The number of rotatable bonds is 7. The number of carbonyl (C=O) groups is 3. The van der Waals surface area contributed by atoms with Crippen molar-refractivity contribution < 1.29 is 28.0 Å². The number of aryl methyl sites for hydroxylation is 1. The quantitative estimate of drug-likeness (QED) is 0.218. The maximum Gasteiger partial charge on any atom is 0.325 e. The van der Waals surface area contributed by atoms with Crippen LogP contribution in [-0.2, 0) is 43.2 Å². The number of hydrogen-bond donors (Lipinski definition) is 2. The standard InChI is InChI=1S/C46H60N8O5S/c1-9-53-37-11-10-28-18-32(37)34(42(53)33-19-31(22-47-40(33)27(4)58-8)52-14-12-51(7)13-15-52)21-46(5,6)24-59-45(57)41-29-16-30(17-29)54(50-41)44(56)35(20-38-48-36(28)23-60-38)49-43(55)39-25(2)26(39)3/h10-11,18-19,22-23,25-27,29-30,35,39,41,50H,9,12-17,20-21,24H2,1-8H3,(H,49,55)/i7D3. The number of cyclic esters (lactones) is 1. The van der Waals surface area contributed by atoms with Crippen molar-refractivity contribution in [2.45, 2.75) is 98.0 Å². The normalized spacial score (nSPS) is 29.4. The van der Waals surface area contributed by atoms with E-state index in [1.807, 2.05) is 18.5 Å². The van der Waals surface area contributed by atoms with E-state index >= 15 is 0 Å². The van der Waals surface area contributed by atoms with Crippen molar-refractivity contribution in [3.8, 4) is 22.5 Å². The topological polar surface area (TPSA) is 134 Å². The average molecular weight is 840 g/mol. The number of amides is 2. The summed E-state index contributed by atoms with van der Waals surface area (Å²) in [4.78, 5) is 56.0. The minimum atomic E-state index is -2.14. The Morgan fingerprint density at radius 2 is 1.92 bits per heavy atom. The van der Waals surface area contributed by atoms with Gasteiger partial charge in [0.1, 0.15) is 12.1 Å². The lowest BCUT2D eigenvalue weighted by Gasteiger charge is -2.53. The Morgan fingerprint density at radius 1 is 1.15 bits per heavy atom. The number of esters is 1. The van der Waals surface area contributed by atoms with Crippen LogP contribution in [0.3, 0.4) is 0 Å². The minimum absolute atomic E-state index is 0.0490. The van der Waals surface area contributed by atoms with Crippen LogP contribution in [0.4, 0.5) is 5.69 Å². The molecule has 0 radical (unpaired) electrons. The average Bonchev–Trinajstić information content (AvgIpc) is 3.51. The molecule has 6 aliphatic rings. The number of pyridine rings is 1. The van der Waals surface area contributed by atoms with Gasteiger partial charge in [0.2, 0.25) is 5.91 Å².